The number of benzene rings is 1. The number of amides is 1. The fourth-order valence-corrected chi connectivity index (χ4v) is 2.07. The molecule has 1 heterocycles. The van der Waals surface area contributed by atoms with Gasteiger partial charge in [-0.3, -0.25) is 4.79 Å². The molecule has 1 aromatic carbocycles. The van der Waals surface area contributed by atoms with Gasteiger partial charge in [-0.1, -0.05) is 37.3 Å². The van der Waals surface area contributed by atoms with Crippen molar-refractivity contribution in [2.45, 2.75) is 26.2 Å². The van der Waals surface area contributed by atoms with Crippen LogP contribution in [0.5, 0.6) is 0 Å². The Kier molecular flexibility index (Phi) is 3.87. The Morgan fingerprint density at radius 2 is 2.00 bits per heavy atom. The zero-order chi connectivity index (χ0) is 13.0. The van der Waals surface area contributed by atoms with E-state index in [-0.39, 0.29) is 0 Å². The number of hydrogen-bond donors (Lipinski definition) is 1. The van der Waals surface area contributed by atoms with E-state index in [1.807, 2.05) is 18.2 Å². The third-order valence-corrected chi connectivity index (χ3v) is 3.16. The summed E-state index contributed by atoms with van der Waals surface area (Å²) in [5, 5.41) is 8.04. The Balaban J connectivity index is 2.03. The lowest BCUT2D eigenvalue weighted by Gasteiger charge is -2.16. The maximum Gasteiger partial charge on any atom is 0.264 e. The molecule has 1 aliphatic heterocycles. The molecule has 4 heteroatoms. The smallest absolute Gasteiger partial charge is 0.264 e. The second-order valence-electron chi connectivity index (χ2n) is 4.59. The van der Waals surface area contributed by atoms with E-state index in [1.54, 1.807) is 0 Å². The van der Waals surface area contributed by atoms with Crippen LogP contribution >= 0.6 is 0 Å². The van der Waals surface area contributed by atoms with Crippen molar-refractivity contribution in [3.63, 3.8) is 0 Å². The van der Waals surface area contributed by atoms with E-state index in [0.29, 0.717) is 18.1 Å². The number of carbonyl (C=O) groups excluding carboxylic acids is 1. The van der Waals surface area contributed by atoms with E-state index >= 15 is 0 Å². The molecule has 0 radical (unpaired) electrons. The van der Waals surface area contributed by atoms with Crippen molar-refractivity contribution in [1.82, 2.24) is 0 Å². The van der Waals surface area contributed by atoms with Crippen LogP contribution in [-0.2, 0) is 11.2 Å². The molecule has 0 aliphatic carbocycles. The summed E-state index contributed by atoms with van der Waals surface area (Å²) >= 11 is 0. The predicted octanol–water partition coefficient (Wildman–Crippen LogP) is 1.94. The molecule has 0 bridgehead atoms. The Labute approximate surface area is 107 Å². The van der Waals surface area contributed by atoms with E-state index in [1.165, 1.54) is 5.56 Å². The quantitative estimate of drug-likeness (QED) is 0.862. The first-order valence-corrected chi connectivity index (χ1v) is 6.14. The van der Waals surface area contributed by atoms with Gasteiger partial charge in [0.05, 0.1) is 0 Å². The lowest BCUT2D eigenvalue weighted by Crippen LogP contribution is -2.27. The normalized spacial score (nSPS) is 16.7. The van der Waals surface area contributed by atoms with Crippen LogP contribution < -0.4 is 5.73 Å². The lowest BCUT2D eigenvalue weighted by atomic mass is 9.92. The molecule has 2 N–H and O–H groups in total. The van der Waals surface area contributed by atoms with Crippen LogP contribution in [0.4, 0.5) is 0 Å². The van der Waals surface area contributed by atoms with Crippen molar-refractivity contribution in [3.8, 4) is 0 Å². The molecule has 4 nitrogen and oxygen atoms in total. The van der Waals surface area contributed by atoms with Gasteiger partial charge in [-0.2, -0.15) is 5.10 Å². The molecule has 1 atom stereocenters. The Morgan fingerprint density at radius 3 is 2.56 bits per heavy atom. The summed E-state index contributed by atoms with van der Waals surface area (Å²) in [5.74, 6) is -0.126. The van der Waals surface area contributed by atoms with E-state index in [9.17, 15) is 4.79 Å². The Morgan fingerprint density at radius 1 is 1.28 bits per heavy atom. The van der Waals surface area contributed by atoms with Gasteiger partial charge in [-0.15, -0.1) is 5.10 Å². The molecule has 0 saturated carbocycles. The summed E-state index contributed by atoms with van der Waals surface area (Å²) in [7, 11) is 0. The summed E-state index contributed by atoms with van der Waals surface area (Å²) < 4.78 is 0. The molecule has 1 amide bonds. The molecule has 94 valence electrons. The van der Waals surface area contributed by atoms with Crippen molar-refractivity contribution in [2.24, 2.45) is 21.9 Å². The summed E-state index contributed by atoms with van der Waals surface area (Å²) in [5.41, 5.74) is 7.89. The van der Waals surface area contributed by atoms with Gasteiger partial charge in [0, 0.05) is 18.1 Å². The van der Waals surface area contributed by atoms with E-state index in [0.717, 1.165) is 18.6 Å². The zero-order valence-corrected chi connectivity index (χ0v) is 10.5. The molecule has 0 aromatic heterocycles. The van der Waals surface area contributed by atoms with Crippen LogP contribution in [0.2, 0.25) is 0 Å². The number of rotatable bonds is 4. The molecule has 1 unspecified atom stereocenters. The molecule has 0 saturated heterocycles. The standard InChI is InChI=1S/C14H17N3O/c1-10(9-11-5-3-2-4-6-11)12-7-8-13(14(15)18)17-16-12/h2-6,10H,7-9H2,1H3,(H2,15,18). The van der Waals surface area contributed by atoms with Gasteiger partial charge in [0.15, 0.2) is 0 Å². The second-order valence-corrected chi connectivity index (χ2v) is 4.59. The van der Waals surface area contributed by atoms with Gasteiger partial charge in [0.1, 0.15) is 5.71 Å². The predicted molar refractivity (Wildman–Crippen MR) is 72.6 cm³/mol. The lowest BCUT2D eigenvalue weighted by molar-refractivity contribution is -0.112. The van der Waals surface area contributed by atoms with Crippen LogP contribution in [0.3, 0.4) is 0 Å². The van der Waals surface area contributed by atoms with Crippen molar-refractivity contribution in [1.29, 1.82) is 0 Å². The highest BCUT2D eigenvalue weighted by Gasteiger charge is 2.18. The van der Waals surface area contributed by atoms with Crippen molar-refractivity contribution in [3.05, 3.63) is 35.9 Å². The highest BCUT2D eigenvalue weighted by atomic mass is 16.1. The van der Waals surface area contributed by atoms with Crippen LogP contribution in [0.15, 0.2) is 40.5 Å². The van der Waals surface area contributed by atoms with Gasteiger partial charge in [-0.25, -0.2) is 0 Å². The molecule has 1 aliphatic rings. The Bertz CT molecular complexity index is 491. The second kappa shape index (κ2) is 5.58. The SMILES string of the molecule is CC(Cc1ccccc1)C1=NN=C(C(N)=O)CC1. The first-order valence-electron chi connectivity index (χ1n) is 6.14. The highest BCUT2D eigenvalue weighted by molar-refractivity contribution is 6.38. The number of hydrogen-bond acceptors (Lipinski definition) is 3. The van der Waals surface area contributed by atoms with Crippen molar-refractivity contribution in [2.75, 3.05) is 0 Å². The van der Waals surface area contributed by atoms with E-state index in [4.69, 9.17) is 5.73 Å². The molecular formula is C14H17N3O. The number of nitrogens with two attached hydrogens (primary N) is 1. The third-order valence-electron chi connectivity index (χ3n) is 3.16. The van der Waals surface area contributed by atoms with Crippen molar-refractivity contribution >= 4 is 17.3 Å². The van der Waals surface area contributed by atoms with Gasteiger partial charge in [-0.05, 0) is 18.4 Å². The summed E-state index contributed by atoms with van der Waals surface area (Å²) in [4.78, 5) is 10.9. The third kappa shape index (κ3) is 3.03. The Hall–Kier alpha value is -1.97. The maximum atomic E-state index is 10.9. The van der Waals surface area contributed by atoms with Crippen LogP contribution in [0, 0.1) is 5.92 Å². The number of carbonyl (C=O) groups is 1. The monoisotopic (exact) mass is 243 g/mol. The number of primary amides is 1. The van der Waals surface area contributed by atoms with Gasteiger partial charge in [0.25, 0.3) is 5.91 Å². The maximum absolute atomic E-state index is 10.9. The fraction of sp³-hybridized carbons (Fsp3) is 0.357. The molecule has 1 aromatic rings. The van der Waals surface area contributed by atoms with Crippen LogP contribution in [-0.4, -0.2) is 17.3 Å². The average Bonchev–Trinajstić information content (AvgIpc) is 2.40. The van der Waals surface area contributed by atoms with Crippen LogP contribution in [0.25, 0.3) is 0 Å². The van der Waals surface area contributed by atoms with Gasteiger partial charge in [0.2, 0.25) is 0 Å². The summed E-state index contributed by atoms with van der Waals surface area (Å²) in [6.45, 7) is 2.14. The van der Waals surface area contributed by atoms with Gasteiger partial charge < -0.3 is 5.73 Å². The van der Waals surface area contributed by atoms with Gasteiger partial charge >= 0.3 is 0 Å². The van der Waals surface area contributed by atoms with Crippen LogP contribution in [0.1, 0.15) is 25.3 Å². The minimum absolute atomic E-state index is 0.338. The van der Waals surface area contributed by atoms with E-state index < -0.39 is 5.91 Å². The van der Waals surface area contributed by atoms with Crippen molar-refractivity contribution < 1.29 is 4.79 Å². The average molecular weight is 243 g/mol. The van der Waals surface area contributed by atoms with E-state index in [2.05, 4.69) is 29.3 Å². The number of nitrogens with zero attached hydrogens (tertiary/aromatic N) is 2. The summed E-state index contributed by atoms with van der Waals surface area (Å²) in [6, 6.07) is 10.3. The highest BCUT2D eigenvalue weighted by Crippen LogP contribution is 2.16. The molecule has 18 heavy (non-hydrogen) atoms. The largest absolute Gasteiger partial charge is 0.364 e. The molecular weight excluding hydrogens is 226 g/mol. The molecule has 0 spiro atoms. The minimum Gasteiger partial charge on any atom is -0.364 e. The first kappa shape index (κ1) is 12.5. The molecule has 0 fully saturated rings. The molecule has 2 rings (SSSR count). The topological polar surface area (TPSA) is 67.8 Å². The fourth-order valence-electron chi connectivity index (χ4n) is 2.07. The summed E-state index contributed by atoms with van der Waals surface area (Å²) in [6.07, 6.45) is 2.32. The first-order chi connectivity index (χ1) is 8.66. The zero-order valence-electron chi connectivity index (χ0n) is 10.5. The minimum atomic E-state index is -0.464.